The summed E-state index contributed by atoms with van der Waals surface area (Å²) in [6.45, 7) is 8.57. The molecule has 6 heteroatoms. The quantitative estimate of drug-likeness (QED) is 0.464. The number of halogens is 1. The Balaban J connectivity index is 1.60. The molecule has 1 aliphatic carbocycles. The first kappa shape index (κ1) is 24.4. The second-order valence-corrected chi connectivity index (χ2v) is 10.8. The van der Waals surface area contributed by atoms with E-state index in [1.165, 1.54) is 23.8 Å². The minimum atomic E-state index is -0.414. The standard InChI is InChI=1S/C27H37FN2O2S/c1-4-18(2)8-7-11-25-22(21-9-5-6-10-23(21)28)16-26(33-25)19(3)30(20-12-13-20)27(31)24-17-29-14-15-32-24/h5-6,9-10,16,18-20,24,29H,4,7-8,11-15,17H2,1-3H3/t18?,19?,24-/m1/s1. The summed E-state index contributed by atoms with van der Waals surface area (Å²) in [7, 11) is 0. The molecule has 180 valence electrons. The normalized spacial score (nSPS) is 20.4. The van der Waals surface area contributed by atoms with Crippen molar-refractivity contribution in [2.24, 2.45) is 5.92 Å². The highest BCUT2D eigenvalue weighted by atomic mass is 32.1. The van der Waals surface area contributed by atoms with Gasteiger partial charge in [0.05, 0.1) is 12.6 Å². The predicted molar refractivity (Wildman–Crippen MR) is 133 cm³/mol. The lowest BCUT2D eigenvalue weighted by atomic mass is 9.98. The predicted octanol–water partition coefficient (Wildman–Crippen LogP) is 5.96. The molecule has 1 aromatic carbocycles. The monoisotopic (exact) mass is 472 g/mol. The van der Waals surface area contributed by atoms with E-state index in [0.29, 0.717) is 24.6 Å². The van der Waals surface area contributed by atoms with Crippen molar-refractivity contribution in [3.8, 4) is 11.1 Å². The number of amides is 1. The third-order valence-corrected chi connectivity index (χ3v) is 8.38. The van der Waals surface area contributed by atoms with E-state index in [9.17, 15) is 9.18 Å². The number of thiophene rings is 1. The molecule has 3 atom stereocenters. The first-order valence-corrected chi connectivity index (χ1v) is 13.3. The molecule has 1 saturated carbocycles. The third kappa shape index (κ3) is 5.84. The number of hydrogen-bond acceptors (Lipinski definition) is 4. The van der Waals surface area contributed by atoms with Crippen LogP contribution in [-0.2, 0) is 16.0 Å². The summed E-state index contributed by atoms with van der Waals surface area (Å²) in [4.78, 5) is 17.8. The Labute approximate surface area is 201 Å². The lowest BCUT2D eigenvalue weighted by Crippen LogP contribution is -2.50. The molecule has 4 rings (SSSR count). The van der Waals surface area contributed by atoms with Crippen LogP contribution in [0.2, 0.25) is 0 Å². The highest BCUT2D eigenvalue weighted by Gasteiger charge is 2.40. The zero-order chi connectivity index (χ0) is 23.4. The number of hydrogen-bond donors (Lipinski definition) is 1. The molecule has 1 aliphatic heterocycles. The Hall–Kier alpha value is -1.76. The molecule has 2 unspecified atom stereocenters. The van der Waals surface area contributed by atoms with E-state index < -0.39 is 6.10 Å². The lowest BCUT2D eigenvalue weighted by molar-refractivity contribution is -0.148. The summed E-state index contributed by atoms with van der Waals surface area (Å²) in [6, 6.07) is 9.41. The van der Waals surface area contributed by atoms with Gasteiger partial charge in [0.15, 0.2) is 0 Å². The summed E-state index contributed by atoms with van der Waals surface area (Å²) < 4.78 is 20.5. The van der Waals surface area contributed by atoms with Crippen molar-refractivity contribution in [1.82, 2.24) is 10.2 Å². The summed E-state index contributed by atoms with van der Waals surface area (Å²) in [5.74, 6) is 0.596. The van der Waals surface area contributed by atoms with Crippen LogP contribution >= 0.6 is 11.3 Å². The van der Waals surface area contributed by atoms with Crippen LogP contribution in [-0.4, -0.2) is 42.6 Å². The molecular weight excluding hydrogens is 435 g/mol. The van der Waals surface area contributed by atoms with Gasteiger partial charge in [0.25, 0.3) is 5.91 Å². The van der Waals surface area contributed by atoms with Crippen molar-refractivity contribution in [2.45, 2.75) is 77.5 Å². The molecule has 0 radical (unpaired) electrons. The van der Waals surface area contributed by atoms with Gasteiger partial charge in [0.2, 0.25) is 0 Å². The molecule has 1 N–H and O–H groups in total. The molecule has 4 nitrogen and oxygen atoms in total. The van der Waals surface area contributed by atoms with E-state index in [4.69, 9.17) is 4.74 Å². The zero-order valence-corrected chi connectivity index (χ0v) is 20.9. The van der Waals surface area contributed by atoms with Crippen LogP contribution in [0.25, 0.3) is 11.1 Å². The van der Waals surface area contributed by atoms with E-state index >= 15 is 0 Å². The average Bonchev–Trinajstić information content (AvgIpc) is 3.58. The molecule has 33 heavy (non-hydrogen) atoms. The van der Waals surface area contributed by atoms with Crippen LogP contribution in [0.15, 0.2) is 30.3 Å². The summed E-state index contributed by atoms with van der Waals surface area (Å²) >= 11 is 1.75. The second-order valence-electron chi connectivity index (χ2n) is 9.59. The molecule has 1 amide bonds. The van der Waals surface area contributed by atoms with Crippen molar-refractivity contribution < 1.29 is 13.9 Å². The number of benzene rings is 1. The topological polar surface area (TPSA) is 41.6 Å². The highest BCUT2D eigenvalue weighted by Crippen LogP contribution is 2.42. The van der Waals surface area contributed by atoms with Crippen LogP contribution in [0.3, 0.4) is 0 Å². The van der Waals surface area contributed by atoms with Crippen LogP contribution in [0.5, 0.6) is 0 Å². The molecule has 0 bridgehead atoms. The average molecular weight is 473 g/mol. The maximum absolute atomic E-state index is 14.8. The smallest absolute Gasteiger partial charge is 0.253 e. The summed E-state index contributed by atoms with van der Waals surface area (Å²) in [5.41, 5.74) is 1.65. The van der Waals surface area contributed by atoms with Gasteiger partial charge in [-0.15, -0.1) is 11.3 Å². The van der Waals surface area contributed by atoms with E-state index in [2.05, 4.69) is 32.2 Å². The number of ether oxygens (including phenoxy) is 1. The lowest BCUT2D eigenvalue weighted by Gasteiger charge is -2.33. The van der Waals surface area contributed by atoms with Gasteiger partial charge in [-0.2, -0.15) is 0 Å². The van der Waals surface area contributed by atoms with E-state index in [0.717, 1.165) is 42.7 Å². The first-order chi connectivity index (χ1) is 16.0. The molecular formula is C27H37FN2O2S. The number of nitrogens with zero attached hydrogens (tertiary/aromatic N) is 1. The summed E-state index contributed by atoms with van der Waals surface area (Å²) in [5, 5.41) is 3.28. The van der Waals surface area contributed by atoms with Crippen molar-refractivity contribution >= 4 is 17.2 Å². The number of carbonyl (C=O) groups is 1. The Morgan fingerprint density at radius 3 is 2.73 bits per heavy atom. The van der Waals surface area contributed by atoms with Gasteiger partial charge in [-0.1, -0.05) is 44.9 Å². The minimum absolute atomic E-state index is 0.0469. The van der Waals surface area contributed by atoms with Crippen molar-refractivity contribution in [3.63, 3.8) is 0 Å². The number of nitrogens with one attached hydrogen (secondary N) is 1. The van der Waals surface area contributed by atoms with Gasteiger partial charge < -0.3 is 15.0 Å². The van der Waals surface area contributed by atoms with Crippen molar-refractivity contribution in [2.75, 3.05) is 19.7 Å². The second kappa shape index (κ2) is 11.1. The van der Waals surface area contributed by atoms with Crippen LogP contribution in [0.1, 0.15) is 68.7 Å². The molecule has 2 heterocycles. The van der Waals surface area contributed by atoms with E-state index in [1.54, 1.807) is 17.4 Å². The van der Waals surface area contributed by atoms with Gasteiger partial charge in [-0.3, -0.25) is 4.79 Å². The maximum atomic E-state index is 14.8. The first-order valence-electron chi connectivity index (χ1n) is 12.5. The van der Waals surface area contributed by atoms with Crippen LogP contribution < -0.4 is 5.32 Å². The minimum Gasteiger partial charge on any atom is -0.366 e. The Morgan fingerprint density at radius 1 is 1.27 bits per heavy atom. The number of rotatable bonds is 10. The molecule has 2 fully saturated rings. The van der Waals surface area contributed by atoms with Gasteiger partial charge in [-0.25, -0.2) is 4.39 Å². The van der Waals surface area contributed by atoms with Gasteiger partial charge in [-0.05, 0) is 56.2 Å². The summed E-state index contributed by atoms with van der Waals surface area (Å²) in [6.07, 6.45) is 6.07. The zero-order valence-electron chi connectivity index (χ0n) is 20.1. The fourth-order valence-electron chi connectivity index (χ4n) is 4.63. The van der Waals surface area contributed by atoms with Crippen molar-refractivity contribution in [1.29, 1.82) is 0 Å². The third-order valence-electron chi connectivity index (χ3n) is 7.02. The maximum Gasteiger partial charge on any atom is 0.253 e. The number of morpholine rings is 1. The molecule has 1 saturated heterocycles. The molecule has 1 aromatic heterocycles. The molecule has 2 aromatic rings. The largest absolute Gasteiger partial charge is 0.366 e. The van der Waals surface area contributed by atoms with E-state index in [1.807, 2.05) is 17.0 Å². The Kier molecular flexibility index (Phi) is 8.20. The fraction of sp³-hybridized carbons (Fsp3) is 0.593. The number of aryl methyl sites for hydroxylation is 1. The SMILES string of the molecule is CCC(C)CCCc1sc(C(C)N(C(=O)[C@H]2CNCCO2)C2CC2)cc1-c1ccccc1F. The van der Waals surface area contributed by atoms with Crippen LogP contribution in [0.4, 0.5) is 4.39 Å². The Bertz CT molecular complexity index is 936. The molecule has 0 spiro atoms. The number of carbonyl (C=O) groups excluding carboxylic acids is 1. The van der Waals surface area contributed by atoms with E-state index in [-0.39, 0.29) is 23.8 Å². The molecule has 2 aliphatic rings. The highest BCUT2D eigenvalue weighted by molar-refractivity contribution is 7.12. The van der Waals surface area contributed by atoms with Crippen LogP contribution in [0, 0.1) is 11.7 Å². The van der Waals surface area contributed by atoms with Gasteiger partial charge in [0, 0.05) is 34.4 Å². The van der Waals surface area contributed by atoms with Crippen molar-refractivity contribution in [3.05, 3.63) is 45.9 Å². The van der Waals surface area contributed by atoms with Gasteiger partial charge in [0.1, 0.15) is 11.9 Å². The van der Waals surface area contributed by atoms with Gasteiger partial charge >= 0.3 is 0 Å². The Morgan fingerprint density at radius 2 is 2.06 bits per heavy atom. The fourth-order valence-corrected chi connectivity index (χ4v) is 5.90.